The third kappa shape index (κ3) is 4.55. The summed E-state index contributed by atoms with van der Waals surface area (Å²) in [5.74, 6) is 0.370. The number of rotatable bonds is 7. The Morgan fingerprint density at radius 2 is 1.90 bits per heavy atom. The molecule has 0 radical (unpaired) electrons. The fourth-order valence-electron chi connectivity index (χ4n) is 3.18. The molecule has 0 spiro atoms. The first kappa shape index (κ1) is 20.6. The van der Waals surface area contributed by atoms with Gasteiger partial charge in [0.15, 0.2) is 0 Å². The second-order valence-electron chi connectivity index (χ2n) is 7.41. The molecule has 0 atom stereocenters. The Morgan fingerprint density at radius 3 is 2.47 bits per heavy atom. The molecule has 1 N–H and O–H groups in total. The molecule has 3 aromatic rings. The predicted molar refractivity (Wildman–Crippen MR) is 115 cm³/mol. The minimum absolute atomic E-state index is 0.0688. The highest BCUT2D eigenvalue weighted by Crippen LogP contribution is 2.27. The van der Waals surface area contributed by atoms with Crippen molar-refractivity contribution in [3.63, 3.8) is 0 Å². The van der Waals surface area contributed by atoms with Crippen molar-refractivity contribution in [2.75, 3.05) is 0 Å². The molecule has 1 aliphatic rings. The van der Waals surface area contributed by atoms with E-state index < -0.39 is 0 Å². The summed E-state index contributed by atoms with van der Waals surface area (Å²) in [6.45, 7) is 0.626. The molecule has 1 aliphatic carbocycles. The number of nitrogens with one attached hydrogen (secondary N) is 1. The highest BCUT2D eigenvalue weighted by molar-refractivity contribution is 6.41. The average molecular weight is 446 g/mol. The number of furan rings is 1. The van der Waals surface area contributed by atoms with Gasteiger partial charge in [-0.15, -0.1) is 0 Å². The van der Waals surface area contributed by atoms with E-state index in [1.165, 1.54) is 0 Å². The van der Waals surface area contributed by atoms with Crippen LogP contribution in [0, 0.1) is 0 Å². The molecule has 8 heteroatoms. The molecule has 2 amide bonds. The van der Waals surface area contributed by atoms with E-state index in [1.807, 2.05) is 18.2 Å². The Morgan fingerprint density at radius 1 is 1.17 bits per heavy atom. The van der Waals surface area contributed by atoms with Gasteiger partial charge < -0.3 is 19.2 Å². The summed E-state index contributed by atoms with van der Waals surface area (Å²) in [5.41, 5.74) is 1.89. The Labute approximate surface area is 184 Å². The van der Waals surface area contributed by atoms with E-state index >= 15 is 0 Å². The molecule has 1 fully saturated rings. The summed E-state index contributed by atoms with van der Waals surface area (Å²) in [4.78, 5) is 27.1. The van der Waals surface area contributed by atoms with E-state index in [0.29, 0.717) is 39.8 Å². The van der Waals surface area contributed by atoms with Gasteiger partial charge in [0.2, 0.25) is 0 Å². The fraction of sp³-hybridized carbons (Fsp3) is 0.273. The molecule has 0 saturated heterocycles. The largest absolute Gasteiger partial charge is 0.467 e. The van der Waals surface area contributed by atoms with Gasteiger partial charge in [0.05, 0.1) is 17.8 Å². The van der Waals surface area contributed by atoms with E-state index in [4.69, 9.17) is 27.6 Å². The number of amides is 2. The van der Waals surface area contributed by atoms with Crippen LogP contribution in [-0.4, -0.2) is 27.3 Å². The highest BCUT2D eigenvalue weighted by atomic mass is 35.5. The second-order valence-corrected chi connectivity index (χ2v) is 8.18. The maximum atomic E-state index is 13.2. The summed E-state index contributed by atoms with van der Waals surface area (Å²) < 4.78 is 7.00. The smallest absolute Gasteiger partial charge is 0.271 e. The lowest BCUT2D eigenvalue weighted by atomic mass is 10.1. The van der Waals surface area contributed by atoms with Crippen LogP contribution >= 0.6 is 23.2 Å². The molecule has 0 unspecified atom stereocenters. The lowest BCUT2D eigenvalue weighted by Gasteiger charge is -2.22. The first-order chi connectivity index (χ1) is 14.4. The van der Waals surface area contributed by atoms with Gasteiger partial charge in [-0.05, 0) is 48.7 Å². The summed E-state index contributed by atoms with van der Waals surface area (Å²) in [5, 5.41) is 3.60. The Kier molecular flexibility index (Phi) is 5.88. The Bertz CT molecular complexity index is 1050. The molecular formula is C22H21Cl2N3O3. The molecule has 6 nitrogen and oxygen atoms in total. The second kappa shape index (κ2) is 8.58. The molecule has 1 aromatic carbocycles. The SMILES string of the molecule is Cn1c(C(=O)N(Cc2ccc(C(=O)NC3CC3)cc2)Cc2ccco2)cc(Cl)c1Cl. The van der Waals surface area contributed by atoms with E-state index in [1.54, 1.807) is 47.0 Å². The zero-order chi connectivity index (χ0) is 21.3. The molecule has 1 saturated carbocycles. The van der Waals surface area contributed by atoms with E-state index in [9.17, 15) is 9.59 Å². The molecule has 156 valence electrons. The molecule has 30 heavy (non-hydrogen) atoms. The molecule has 4 rings (SSSR count). The predicted octanol–water partition coefficient (Wildman–Crippen LogP) is 4.66. The number of hydrogen-bond acceptors (Lipinski definition) is 3. The number of aromatic nitrogens is 1. The lowest BCUT2D eigenvalue weighted by Crippen LogP contribution is -2.31. The van der Waals surface area contributed by atoms with Crippen molar-refractivity contribution in [2.24, 2.45) is 7.05 Å². The van der Waals surface area contributed by atoms with Crippen LogP contribution in [0.1, 0.15) is 45.0 Å². The minimum atomic E-state index is -0.224. The van der Waals surface area contributed by atoms with E-state index in [0.717, 1.165) is 18.4 Å². The normalized spacial score (nSPS) is 13.3. The summed E-state index contributed by atoms with van der Waals surface area (Å²) in [7, 11) is 1.69. The topological polar surface area (TPSA) is 67.5 Å². The molecular weight excluding hydrogens is 425 g/mol. The molecule has 0 bridgehead atoms. The minimum Gasteiger partial charge on any atom is -0.467 e. The van der Waals surface area contributed by atoms with Crippen molar-refractivity contribution in [3.8, 4) is 0 Å². The summed E-state index contributed by atoms with van der Waals surface area (Å²) in [6.07, 6.45) is 3.66. The van der Waals surface area contributed by atoms with Crippen molar-refractivity contribution in [1.29, 1.82) is 0 Å². The number of hydrogen-bond donors (Lipinski definition) is 1. The standard InChI is InChI=1S/C22H21Cl2N3O3/c1-26-19(11-18(23)20(26)24)22(29)27(13-17-3-2-10-30-17)12-14-4-6-15(7-5-14)21(28)25-16-8-9-16/h2-7,10-11,16H,8-9,12-13H2,1H3,(H,25,28). The first-order valence-corrected chi connectivity index (χ1v) is 10.4. The van der Waals surface area contributed by atoms with Crippen LogP contribution in [0.3, 0.4) is 0 Å². The van der Waals surface area contributed by atoms with Crippen LogP contribution < -0.4 is 5.32 Å². The molecule has 2 heterocycles. The molecule has 2 aromatic heterocycles. The van der Waals surface area contributed by atoms with Crippen molar-refractivity contribution in [1.82, 2.24) is 14.8 Å². The van der Waals surface area contributed by atoms with Crippen LogP contribution in [0.25, 0.3) is 0 Å². The Balaban J connectivity index is 1.54. The van der Waals surface area contributed by atoms with Gasteiger partial charge in [-0.25, -0.2) is 0 Å². The average Bonchev–Trinajstić information content (AvgIpc) is 3.33. The zero-order valence-corrected chi connectivity index (χ0v) is 17.9. The zero-order valence-electron chi connectivity index (χ0n) is 16.4. The first-order valence-electron chi connectivity index (χ1n) is 9.64. The van der Waals surface area contributed by atoms with Crippen LogP contribution in [0.15, 0.2) is 53.1 Å². The third-order valence-electron chi connectivity index (χ3n) is 5.05. The Hall–Kier alpha value is -2.70. The van der Waals surface area contributed by atoms with Gasteiger partial charge in [0.25, 0.3) is 11.8 Å². The highest BCUT2D eigenvalue weighted by Gasteiger charge is 2.25. The maximum absolute atomic E-state index is 13.2. The van der Waals surface area contributed by atoms with Gasteiger partial charge in [-0.3, -0.25) is 9.59 Å². The van der Waals surface area contributed by atoms with Crippen molar-refractivity contribution in [3.05, 3.63) is 81.5 Å². The van der Waals surface area contributed by atoms with E-state index in [2.05, 4.69) is 5.32 Å². The van der Waals surface area contributed by atoms with Gasteiger partial charge in [0, 0.05) is 25.2 Å². The number of halogens is 2. The van der Waals surface area contributed by atoms with Crippen LogP contribution in [0.4, 0.5) is 0 Å². The number of carbonyl (C=O) groups excluding carboxylic acids is 2. The van der Waals surface area contributed by atoms with Gasteiger partial charge in [-0.1, -0.05) is 35.3 Å². The number of benzene rings is 1. The number of nitrogens with zero attached hydrogens (tertiary/aromatic N) is 2. The van der Waals surface area contributed by atoms with Gasteiger partial charge in [0.1, 0.15) is 16.6 Å². The molecule has 0 aliphatic heterocycles. The van der Waals surface area contributed by atoms with Crippen LogP contribution in [-0.2, 0) is 20.1 Å². The summed E-state index contributed by atoms with van der Waals surface area (Å²) >= 11 is 12.2. The van der Waals surface area contributed by atoms with Gasteiger partial charge >= 0.3 is 0 Å². The van der Waals surface area contributed by atoms with Crippen molar-refractivity contribution < 1.29 is 14.0 Å². The van der Waals surface area contributed by atoms with Gasteiger partial charge in [-0.2, -0.15) is 0 Å². The third-order valence-corrected chi connectivity index (χ3v) is 5.89. The fourth-order valence-corrected chi connectivity index (χ4v) is 3.55. The van der Waals surface area contributed by atoms with Crippen molar-refractivity contribution >= 4 is 35.0 Å². The number of carbonyl (C=O) groups is 2. The van der Waals surface area contributed by atoms with Crippen LogP contribution in [0.2, 0.25) is 10.2 Å². The van der Waals surface area contributed by atoms with E-state index in [-0.39, 0.29) is 18.4 Å². The summed E-state index contributed by atoms with van der Waals surface area (Å²) in [6, 6.07) is 12.7. The monoisotopic (exact) mass is 445 g/mol. The van der Waals surface area contributed by atoms with Crippen LogP contribution in [0.5, 0.6) is 0 Å². The lowest BCUT2D eigenvalue weighted by molar-refractivity contribution is 0.0707. The quantitative estimate of drug-likeness (QED) is 0.574. The maximum Gasteiger partial charge on any atom is 0.271 e. The van der Waals surface area contributed by atoms with Crippen molar-refractivity contribution in [2.45, 2.75) is 32.0 Å².